The van der Waals surface area contributed by atoms with E-state index in [1.807, 2.05) is 32.9 Å². The van der Waals surface area contributed by atoms with Gasteiger partial charge in [0.25, 0.3) is 0 Å². The summed E-state index contributed by atoms with van der Waals surface area (Å²) in [6.45, 7) is 7.49. The van der Waals surface area contributed by atoms with Crippen LogP contribution >= 0.6 is 11.6 Å². The lowest BCUT2D eigenvalue weighted by molar-refractivity contribution is 0.0529. The molecule has 140 valence electrons. The number of benzene rings is 1. The molecule has 1 aromatic carbocycles. The summed E-state index contributed by atoms with van der Waals surface area (Å²) in [5, 5.41) is 9.56. The van der Waals surface area contributed by atoms with Crippen molar-refractivity contribution in [3.8, 4) is 5.75 Å². The molecule has 0 saturated carbocycles. The maximum absolute atomic E-state index is 11.5. The van der Waals surface area contributed by atoms with Crippen molar-refractivity contribution < 1.29 is 14.3 Å². The van der Waals surface area contributed by atoms with Gasteiger partial charge in [-0.2, -0.15) is 0 Å². The first kappa shape index (κ1) is 20.9. The van der Waals surface area contributed by atoms with Crippen LogP contribution in [0.15, 0.2) is 29.3 Å². The Balaban J connectivity index is 2.14. The number of carbonyl (C=O) groups is 1. The molecule has 0 aliphatic heterocycles. The average molecular weight is 371 g/mol. The first-order valence-corrected chi connectivity index (χ1v) is 8.47. The SMILES string of the molecule is CN=C(NCCNC(=O)OC(C)(C)C)NCCOc1ccc(Cl)cc1. The second-order valence-corrected chi connectivity index (χ2v) is 6.59. The molecule has 0 unspecified atom stereocenters. The molecule has 1 amide bonds. The number of amides is 1. The third-order valence-electron chi connectivity index (χ3n) is 2.79. The van der Waals surface area contributed by atoms with Crippen molar-refractivity contribution in [1.29, 1.82) is 0 Å². The molecule has 0 bridgehead atoms. The van der Waals surface area contributed by atoms with E-state index in [1.165, 1.54) is 0 Å². The molecule has 1 aromatic rings. The quantitative estimate of drug-likeness (QED) is 0.390. The van der Waals surface area contributed by atoms with Gasteiger partial charge in [-0.1, -0.05) is 11.6 Å². The lowest BCUT2D eigenvalue weighted by atomic mass is 10.2. The average Bonchev–Trinajstić information content (AvgIpc) is 2.53. The van der Waals surface area contributed by atoms with Crippen LogP contribution < -0.4 is 20.7 Å². The number of halogens is 1. The van der Waals surface area contributed by atoms with Crippen molar-refractivity contribution in [2.24, 2.45) is 4.99 Å². The highest BCUT2D eigenvalue weighted by molar-refractivity contribution is 6.30. The Morgan fingerprint density at radius 2 is 1.68 bits per heavy atom. The summed E-state index contributed by atoms with van der Waals surface area (Å²) in [6, 6.07) is 7.19. The van der Waals surface area contributed by atoms with Crippen LogP contribution in [0.5, 0.6) is 5.75 Å². The predicted molar refractivity (Wildman–Crippen MR) is 101 cm³/mol. The van der Waals surface area contributed by atoms with Gasteiger partial charge in [-0.3, -0.25) is 4.99 Å². The number of guanidine groups is 1. The number of ether oxygens (including phenoxy) is 2. The van der Waals surface area contributed by atoms with Crippen molar-refractivity contribution in [2.45, 2.75) is 26.4 Å². The highest BCUT2D eigenvalue weighted by atomic mass is 35.5. The smallest absolute Gasteiger partial charge is 0.407 e. The second kappa shape index (κ2) is 10.7. The lowest BCUT2D eigenvalue weighted by Gasteiger charge is -2.19. The topological polar surface area (TPSA) is 84.0 Å². The van der Waals surface area contributed by atoms with Gasteiger partial charge < -0.3 is 25.4 Å². The molecule has 0 aromatic heterocycles. The zero-order chi connectivity index (χ0) is 18.7. The summed E-state index contributed by atoms with van der Waals surface area (Å²) >= 11 is 5.82. The predicted octanol–water partition coefficient (Wildman–Crippen LogP) is 2.41. The molecule has 1 rings (SSSR count). The van der Waals surface area contributed by atoms with E-state index in [2.05, 4.69) is 20.9 Å². The number of nitrogens with one attached hydrogen (secondary N) is 3. The standard InChI is InChI=1S/C17H27ClN4O3/c1-17(2,3)25-16(23)22-10-9-20-15(19-4)21-11-12-24-14-7-5-13(18)6-8-14/h5-8H,9-12H2,1-4H3,(H,22,23)(H2,19,20,21). The van der Waals surface area contributed by atoms with Crippen LogP contribution in [-0.4, -0.2) is 50.9 Å². The Hall–Kier alpha value is -2.15. The molecule has 0 atom stereocenters. The van der Waals surface area contributed by atoms with Crippen molar-refractivity contribution in [3.63, 3.8) is 0 Å². The van der Waals surface area contributed by atoms with E-state index in [0.29, 0.717) is 37.2 Å². The third-order valence-corrected chi connectivity index (χ3v) is 3.04. The van der Waals surface area contributed by atoms with Gasteiger partial charge in [0.05, 0.1) is 6.54 Å². The molecule has 0 radical (unpaired) electrons. The summed E-state index contributed by atoms with van der Waals surface area (Å²) in [5.41, 5.74) is -0.501. The summed E-state index contributed by atoms with van der Waals surface area (Å²) in [5.74, 6) is 1.39. The van der Waals surface area contributed by atoms with Gasteiger partial charge in [0, 0.05) is 25.2 Å². The Kier molecular flexibility index (Phi) is 8.91. The highest BCUT2D eigenvalue weighted by Crippen LogP contribution is 2.15. The normalized spacial score (nSPS) is 11.6. The molecule has 25 heavy (non-hydrogen) atoms. The summed E-state index contributed by atoms with van der Waals surface area (Å²) < 4.78 is 10.7. The first-order valence-electron chi connectivity index (χ1n) is 8.10. The van der Waals surface area contributed by atoms with E-state index in [1.54, 1.807) is 19.2 Å². The summed E-state index contributed by atoms with van der Waals surface area (Å²) in [4.78, 5) is 15.6. The van der Waals surface area contributed by atoms with Crippen LogP contribution in [0.3, 0.4) is 0 Å². The van der Waals surface area contributed by atoms with Crippen LogP contribution in [0.4, 0.5) is 4.79 Å². The number of carbonyl (C=O) groups excluding carboxylic acids is 1. The van der Waals surface area contributed by atoms with E-state index < -0.39 is 11.7 Å². The minimum absolute atomic E-state index is 0.427. The molecule has 0 aliphatic rings. The first-order chi connectivity index (χ1) is 11.8. The van der Waals surface area contributed by atoms with E-state index in [-0.39, 0.29) is 0 Å². The van der Waals surface area contributed by atoms with Crippen molar-refractivity contribution in [1.82, 2.24) is 16.0 Å². The molecule has 0 spiro atoms. The molecular weight excluding hydrogens is 344 g/mol. The van der Waals surface area contributed by atoms with Crippen molar-refractivity contribution in [3.05, 3.63) is 29.3 Å². The fourth-order valence-electron chi connectivity index (χ4n) is 1.75. The second-order valence-electron chi connectivity index (χ2n) is 6.16. The van der Waals surface area contributed by atoms with Gasteiger partial charge in [0.15, 0.2) is 5.96 Å². The van der Waals surface area contributed by atoms with E-state index in [4.69, 9.17) is 21.1 Å². The Morgan fingerprint density at radius 3 is 2.28 bits per heavy atom. The minimum atomic E-state index is -0.501. The van der Waals surface area contributed by atoms with Crippen LogP contribution in [0.25, 0.3) is 0 Å². The number of nitrogens with zero attached hydrogens (tertiary/aromatic N) is 1. The van der Waals surface area contributed by atoms with Crippen LogP contribution in [0.1, 0.15) is 20.8 Å². The van der Waals surface area contributed by atoms with Gasteiger partial charge in [0.2, 0.25) is 0 Å². The maximum Gasteiger partial charge on any atom is 0.407 e. The third kappa shape index (κ3) is 10.3. The van der Waals surface area contributed by atoms with Gasteiger partial charge in [-0.05, 0) is 45.0 Å². The Labute approximate surface area is 154 Å². The molecule has 8 heteroatoms. The van der Waals surface area contributed by atoms with Gasteiger partial charge in [-0.25, -0.2) is 4.79 Å². The number of hydrogen-bond donors (Lipinski definition) is 3. The number of rotatable bonds is 7. The molecule has 0 aliphatic carbocycles. The molecule has 3 N–H and O–H groups in total. The Bertz CT molecular complexity index is 556. The number of aliphatic imine (C=N–C) groups is 1. The molecular formula is C17H27ClN4O3. The molecule has 0 heterocycles. The summed E-state index contributed by atoms with van der Waals surface area (Å²) in [7, 11) is 1.68. The number of alkyl carbamates (subject to hydrolysis) is 1. The fraction of sp³-hybridized carbons (Fsp3) is 0.529. The maximum atomic E-state index is 11.5. The van der Waals surface area contributed by atoms with Crippen LogP contribution in [0.2, 0.25) is 5.02 Å². The van der Waals surface area contributed by atoms with Crippen molar-refractivity contribution in [2.75, 3.05) is 33.3 Å². The van der Waals surface area contributed by atoms with E-state index >= 15 is 0 Å². The lowest BCUT2D eigenvalue weighted by Crippen LogP contribution is -2.43. The monoisotopic (exact) mass is 370 g/mol. The molecule has 0 fully saturated rings. The summed E-state index contributed by atoms with van der Waals surface area (Å²) in [6.07, 6.45) is -0.436. The van der Waals surface area contributed by atoms with Gasteiger partial charge in [0.1, 0.15) is 18.0 Å². The van der Waals surface area contributed by atoms with E-state index in [9.17, 15) is 4.79 Å². The van der Waals surface area contributed by atoms with Crippen LogP contribution in [-0.2, 0) is 4.74 Å². The highest BCUT2D eigenvalue weighted by Gasteiger charge is 2.15. The van der Waals surface area contributed by atoms with Gasteiger partial charge in [-0.15, -0.1) is 0 Å². The zero-order valence-electron chi connectivity index (χ0n) is 15.2. The van der Waals surface area contributed by atoms with Gasteiger partial charge >= 0.3 is 6.09 Å². The van der Waals surface area contributed by atoms with E-state index in [0.717, 1.165) is 5.75 Å². The molecule has 0 saturated heterocycles. The zero-order valence-corrected chi connectivity index (χ0v) is 15.9. The van der Waals surface area contributed by atoms with Crippen LogP contribution in [0, 0.1) is 0 Å². The minimum Gasteiger partial charge on any atom is -0.492 e. The number of hydrogen-bond acceptors (Lipinski definition) is 4. The molecule has 7 nitrogen and oxygen atoms in total. The Morgan fingerprint density at radius 1 is 1.08 bits per heavy atom. The fourth-order valence-corrected chi connectivity index (χ4v) is 1.88. The van der Waals surface area contributed by atoms with Crippen molar-refractivity contribution >= 4 is 23.7 Å². The largest absolute Gasteiger partial charge is 0.492 e.